The number of hydrogen-bond acceptors (Lipinski definition) is 6. The van der Waals surface area contributed by atoms with Crippen molar-refractivity contribution in [1.29, 1.82) is 0 Å². The van der Waals surface area contributed by atoms with Gasteiger partial charge in [-0.05, 0) is 0 Å². The Morgan fingerprint density at radius 3 is 1.30 bits per heavy atom. The highest BCUT2D eigenvalue weighted by Crippen LogP contribution is 1.95. The van der Waals surface area contributed by atoms with Gasteiger partial charge in [-0.25, -0.2) is 9.59 Å². The third-order valence-electron chi connectivity index (χ3n) is 1.74. The standard InChI is InChI=1S/C12H16F2O6/c1-9(13)11(15)19-7-5-17-3-4-18-6-8-20-12(16)10(2)14/h1-8H2. The number of ether oxygens (including phenoxy) is 4. The molecule has 0 bridgehead atoms. The smallest absolute Gasteiger partial charge is 0.366 e. The molecule has 0 aromatic carbocycles. The van der Waals surface area contributed by atoms with Crippen LogP contribution < -0.4 is 0 Å². The minimum Gasteiger partial charge on any atom is -0.458 e. The number of rotatable bonds is 11. The van der Waals surface area contributed by atoms with Crippen molar-refractivity contribution in [3.05, 3.63) is 24.8 Å². The highest BCUT2D eigenvalue weighted by Gasteiger charge is 2.06. The molecule has 0 saturated carbocycles. The zero-order valence-corrected chi connectivity index (χ0v) is 10.9. The zero-order chi connectivity index (χ0) is 15.4. The second-order valence-corrected chi connectivity index (χ2v) is 3.31. The van der Waals surface area contributed by atoms with Crippen LogP contribution in [0.2, 0.25) is 0 Å². The third-order valence-corrected chi connectivity index (χ3v) is 1.74. The molecule has 0 rings (SSSR count). The van der Waals surface area contributed by atoms with Gasteiger partial charge in [-0.1, -0.05) is 13.2 Å². The maximum atomic E-state index is 12.2. The Kier molecular flexibility index (Phi) is 10.1. The summed E-state index contributed by atoms with van der Waals surface area (Å²) in [6.07, 6.45) is 0. The molecule has 0 aliphatic heterocycles. The first-order valence-electron chi connectivity index (χ1n) is 5.63. The Bertz CT molecular complexity index is 322. The lowest BCUT2D eigenvalue weighted by Gasteiger charge is -2.06. The van der Waals surface area contributed by atoms with Crippen LogP contribution in [0.15, 0.2) is 24.8 Å². The van der Waals surface area contributed by atoms with Gasteiger partial charge in [0.1, 0.15) is 13.2 Å². The quantitative estimate of drug-likeness (QED) is 0.322. The van der Waals surface area contributed by atoms with Crippen molar-refractivity contribution in [3.8, 4) is 0 Å². The lowest BCUT2D eigenvalue weighted by atomic mass is 10.6. The summed E-state index contributed by atoms with van der Waals surface area (Å²) in [5.74, 6) is -4.58. The average Bonchev–Trinajstić information content (AvgIpc) is 2.39. The van der Waals surface area contributed by atoms with Gasteiger partial charge in [-0.15, -0.1) is 0 Å². The van der Waals surface area contributed by atoms with Crippen molar-refractivity contribution < 1.29 is 37.3 Å². The van der Waals surface area contributed by atoms with E-state index in [1.54, 1.807) is 0 Å². The summed E-state index contributed by atoms with van der Waals surface area (Å²) in [7, 11) is 0. The normalized spacial score (nSPS) is 9.90. The highest BCUT2D eigenvalue weighted by atomic mass is 19.1. The SMILES string of the molecule is C=C(F)C(=O)OCCOCCOCCOC(=O)C(=C)F. The molecular formula is C12H16F2O6. The predicted molar refractivity (Wildman–Crippen MR) is 64.1 cm³/mol. The van der Waals surface area contributed by atoms with Gasteiger partial charge in [0.25, 0.3) is 0 Å². The van der Waals surface area contributed by atoms with E-state index in [4.69, 9.17) is 9.47 Å². The van der Waals surface area contributed by atoms with E-state index in [1.807, 2.05) is 0 Å². The topological polar surface area (TPSA) is 71.1 Å². The summed E-state index contributed by atoms with van der Waals surface area (Å²) in [5.41, 5.74) is 0. The molecule has 0 fully saturated rings. The molecule has 0 saturated heterocycles. The number of carbonyl (C=O) groups excluding carboxylic acids is 2. The van der Waals surface area contributed by atoms with Crippen LogP contribution in [0.25, 0.3) is 0 Å². The fourth-order valence-corrected chi connectivity index (χ4v) is 0.865. The molecule has 0 radical (unpaired) electrons. The van der Waals surface area contributed by atoms with Crippen LogP contribution in [0, 0.1) is 0 Å². The molecular weight excluding hydrogens is 278 g/mol. The summed E-state index contributed by atoms with van der Waals surface area (Å²) in [5, 5.41) is 0. The second-order valence-electron chi connectivity index (χ2n) is 3.31. The molecule has 20 heavy (non-hydrogen) atoms. The lowest BCUT2D eigenvalue weighted by Crippen LogP contribution is -2.15. The molecule has 0 atom stereocenters. The van der Waals surface area contributed by atoms with Crippen molar-refractivity contribution in [3.63, 3.8) is 0 Å². The number of carbonyl (C=O) groups is 2. The van der Waals surface area contributed by atoms with E-state index in [-0.39, 0.29) is 39.6 Å². The Hall–Kier alpha value is -1.80. The molecule has 0 N–H and O–H groups in total. The summed E-state index contributed by atoms with van der Waals surface area (Å²) >= 11 is 0. The van der Waals surface area contributed by atoms with Crippen LogP contribution >= 0.6 is 0 Å². The van der Waals surface area contributed by atoms with Crippen LogP contribution in [0.1, 0.15) is 0 Å². The molecule has 0 aliphatic rings. The van der Waals surface area contributed by atoms with Gasteiger partial charge in [0, 0.05) is 0 Å². The Labute approximate surface area is 114 Å². The summed E-state index contributed by atoms with van der Waals surface area (Å²) in [6, 6.07) is 0. The third kappa shape index (κ3) is 10.2. The van der Waals surface area contributed by atoms with Crippen molar-refractivity contribution in [2.45, 2.75) is 0 Å². The van der Waals surface area contributed by atoms with Gasteiger partial charge < -0.3 is 18.9 Å². The first-order chi connectivity index (χ1) is 9.45. The van der Waals surface area contributed by atoms with Crippen LogP contribution in [0.3, 0.4) is 0 Å². The Balaban J connectivity index is 3.25. The molecule has 0 aromatic rings. The Morgan fingerprint density at radius 2 is 1.00 bits per heavy atom. The zero-order valence-electron chi connectivity index (χ0n) is 10.9. The van der Waals surface area contributed by atoms with E-state index in [9.17, 15) is 18.4 Å². The molecule has 0 spiro atoms. The number of halogens is 2. The monoisotopic (exact) mass is 294 g/mol. The number of hydrogen-bond donors (Lipinski definition) is 0. The van der Waals surface area contributed by atoms with Gasteiger partial charge in [-0.3, -0.25) is 0 Å². The van der Waals surface area contributed by atoms with E-state index in [2.05, 4.69) is 22.6 Å². The summed E-state index contributed by atoms with van der Waals surface area (Å²) in [6.45, 7) is 5.92. The molecule has 0 aliphatic carbocycles. The molecule has 0 unspecified atom stereocenters. The first-order valence-corrected chi connectivity index (χ1v) is 5.63. The highest BCUT2D eigenvalue weighted by molar-refractivity contribution is 5.85. The van der Waals surface area contributed by atoms with Gasteiger partial charge in [0.2, 0.25) is 11.7 Å². The Morgan fingerprint density at radius 1 is 0.700 bits per heavy atom. The van der Waals surface area contributed by atoms with E-state index >= 15 is 0 Å². The molecule has 8 heteroatoms. The van der Waals surface area contributed by atoms with E-state index in [1.165, 1.54) is 0 Å². The van der Waals surface area contributed by atoms with Crippen LogP contribution in [-0.4, -0.2) is 51.6 Å². The van der Waals surface area contributed by atoms with Gasteiger partial charge >= 0.3 is 11.9 Å². The van der Waals surface area contributed by atoms with Crippen molar-refractivity contribution in [2.75, 3.05) is 39.6 Å². The first kappa shape index (κ1) is 18.2. The molecule has 0 heterocycles. The summed E-state index contributed by atoms with van der Waals surface area (Å²) < 4.78 is 43.1. The van der Waals surface area contributed by atoms with E-state index in [0.29, 0.717) is 0 Å². The molecule has 114 valence electrons. The average molecular weight is 294 g/mol. The van der Waals surface area contributed by atoms with Gasteiger partial charge in [0.05, 0.1) is 26.4 Å². The maximum Gasteiger partial charge on any atom is 0.366 e. The molecule has 0 amide bonds. The van der Waals surface area contributed by atoms with Crippen LogP contribution in [-0.2, 0) is 28.5 Å². The van der Waals surface area contributed by atoms with Gasteiger partial charge in [-0.2, -0.15) is 8.78 Å². The van der Waals surface area contributed by atoms with E-state index in [0.717, 1.165) is 0 Å². The largest absolute Gasteiger partial charge is 0.458 e. The predicted octanol–water partition coefficient (Wildman–Crippen LogP) is 1.07. The minimum absolute atomic E-state index is 0.0824. The van der Waals surface area contributed by atoms with Crippen molar-refractivity contribution in [1.82, 2.24) is 0 Å². The van der Waals surface area contributed by atoms with Crippen molar-refractivity contribution >= 4 is 11.9 Å². The van der Waals surface area contributed by atoms with Crippen molar-refractivity contribution in [2.24, 2.45) is 0 Å². The van der Waals surface area contributed by atoms with Crippen LogP contribution in [0.5, 0.6) is 0 Å². The second kappa shape index (κ2) is 11.1. The van der Waals surface area contributed by atoms with Crippen LogP contribution in [0.4, 0.5) is 8.78 Å². The summed E-state index contributed by atoms with van der Waals surface area (Å²) in [4.78, 5) is 21.2. The van der Waals surface area contributed by atoms with Gasteiger partial charge in [0.15, 0.2) is 0 Å². The fourth-order valence-electron chi connectivity index (χ4n) is 0.865. The lowest BCUT2D eigenvalue weighted by molar-refractivity contribution is -0.143. The maximum absolute atomic E-state index is 12.2. The fraction of sp³-hybridized carbons (Fsp3) is 0.500. The molecule has 6 nitrogen and oxygen atoms in total. The molecule has 0 aromatic heterocycles. The van der Waals surface area contributed by atoms with E-state index < -0.39 is 23.6 Å². The minimum atomic E-state index is -1.17. The number of esters is 2.